The third-order valence-electron chi connectivity index (χ3n) is 3.61. The van der Waals surface area contributed by atoms with Crippen LogP contribution in [0.3, 0.4) is 0 Å². The Balaban J connectivity index is 1.81. The molecule has 0 radical (unpaired) electrons. The average Bonchev–Trinajstić information content (AvgIpc) is 2.83. The molecule has 0 amide bonds. The normalized spacial score (nSPS) is 15.7. The Morgan fingerprint density at radius 2 is 2.09 bits per heavy atom. The molecule has 0 unspecified atom stereocenters. The van der Waals surface area contributed by atoms with E-state index in [0.29, 0.717) is 23.1 Å². The summed E-state index contributed by atoms with van der Waals surface area (Å²) in [5, 5.41) is 6.86. The molecule has 0 spiro atoms. The van der Waals surface area contributed by atoms with Crippen molar-refractivity contribution < 1.29 is 13.2 Å². The van der Waals surface area contributed by atoms with Crippen molar-refractivity contribution in [3.8, 4) is 11.3 Å². The molecule has 3 heterocycles. The third kappa shape index (κ3) is 3.52. The fraction of sp³-hybridized carbons (Fsp3) is 0.462. The number of rotatable bonds is 4. The van der Waals surface area contributed by atoms with E-state index in [1.165, 1.54) is 12.4 Å². The highest BCUT2D eigenvalue weighted by molar-refractivity contribution is 5.63. The Morgan fingerprint density at radius 1 is 1.35 bits per heavy atom. The molecule has 0 atom stereocenters. The van der Waals surface area contributed by atoms with Crippen LogP contribution in [0.2, 0.25) is 0 Å². The summed E-state index contributed by atoms with van der Waals surface area (Å²) in [6.45, 7) is 0.440. The van der Waals surface area contributed by atoms with Crippen LogP contribution in [0.25, 0.3) is 11.3 Å². The van der Waals surface area contributed by atoms with Crippen LogP contribution < -0.4 is 16.0 Å². The summed E-state index contributed by atoms with van der Waals surface area (Å²) in [4.78, 5) is 10.3. The maximum Gasteiger partial charge on any atom is 0.408 e. The van der Waals surface area contributed by atoms with Crippen molar-refractivity contribution in [1.82, 2.24) is 25.1 Å². The van der Waals surface area contributed by atoms with Gasteiger partial charge in [0.2, 0.25) is 5.95 Å². The van der Waals surface area contributed by atoms with Gasteiger partial charge in [-0.15, -0.1) is 0 Å². The van der Waals surface area contributed by atoms with E-state index in [9.17, 15) is 13.2 Å². The van der Waals surface area contributed by atoms with E-state index in [2.05, 4.69) is 20.4 Å². The molecule has 1 fully saturated rings. The van der Waals surface area contributed by atoms with Gasteiger partial charge in [0.25, 0.3) is 0 Å². The lowest BCUT2D eigenvalue weighted by atomic mass is 10.1. The molecule has 2 aromatic heterocycles. The van der Waals surface area contributed by atoms with Crippen molar-refractivity contribution in [1.29, 1.82) is 0 Å². The molecule has 1 aliphatic rings. The first-order valence-corrected chi connectivity index (χ1v) is 7.00. The Labute approximate surface area is 130 Å². The minimum Gasteiger partial charge on any atom is -0.368 e. The van der Waals surface area contributed by atoms with Gasteiger partial charge < -0.3 is 16.0 Å². The molecule has 0 aliphatic carbocycles. The lowest BCUT2D eigenvalue weighted by Gasteiger charge is -2.40. The van der Waals surface area contributed by atoms with Gasteiger partial charge in [-0.2, -0.15) is 23.3 Å². The first-order valence-electron chi connectivity index (χ1n) is 7.00. The molecule has 1 aliphatic heterocycles. The molecule has 2 aromatic rings. The van der Waals surface area contributed by atoms with Crippen molar-refractivity contribution in [2.75, 3.05) is 30.8 Å². The number of nitrogens with two attached hydrogens (primary N) is 1. The van der Waals surface area contributed by atoms with Crippen LogP contribution in [-0.4, -0.2) is 52.1 Å². The molecule has 1 saturated heterocycles. The smallest absolute Gasteiger partial charge is 0.368 e. The molecule has 7 nitrogen and oxygen atoms in total. The minimum absolute atomic E-state index is 0.0778. The quantitative estimate of drug-likeness (QED) is 0.868. The molecular formula is C13H16F3N7. The topological polar surface area (TPSA) is 84.9 Å². The van der Waals surface area contributed by atoms with Crippen molar-refractivity contribution >= 4 is 11.8 Å². The van der Waals surface area contributed by atoms with Crippen LogP contribution in [0.4, 0.5) is 24.9 Å². The lowest BCUT2D eigenvalue weighted by Crippen LogP contribution is -2.57. The number of likely N-dealkylation sites (N-methyl/N-ethyl adjacent to an activating group) is 1. The van der Waals surface area contributed by atoms with Gasteiger partial charge >= 0.3 is 6.18 Å². The van der Waals surface area contributed by atoms with Gasteiger partial charge in [-0.25, -0.2) is 4.98 Å². The van der Waals surface area contributed by atoms with E-state index < -0.39 is 12.7 Å². The number of alkyl halides is 3. The molecular weight excluding hydrogens is 311 g/mol. The number of nitrogens with one attached hydrogen (secondary N) is 1. The number of hydrogen-bond donors (Lipinski definition) is 2. The second kappa shape index (κ2) is 5.69. The maximum atomic E-state index is 12.4. The van der Waals surface area contributed by atoms with Gasteiger partial charge in [0.1, 0.15) is 12.4 Å². The van der Waals surface area contributed by atoms with E-state index in [1.807, 2.05) is 11.9 Å². The van der Waals surface area contributed by atoms with E-state index in [4.69, 9.17) is 5.73 Å². The number of nitrogen functional groups attached to an aromatic ring is 1. The van der Waals surface area contributed by atoms with Crippen LogP contribution in [0.5, 0.6) is 0 Å². The van der Waals surface area contributed by atoms with Gasteiger partial charge in [-0.3, -0.25) is 4.68 Å². The fourth-order valence-electron chi connectivity index (χ4n) is 2.38. The largest absolute Gasteiger partial charge is 0.408 e. The SMILES string of the molecule is CNC1CN(c2cc(-c3cnn(CC(F)(F)F)c3)nc(N)n2)C1. The van der Waals surface area contributed by atoms with Gasteiger partial charge in [-0.05, 0) is 7.05 Å². The molecule has 3 rings (SSSR count). The molecule has 0 bridgehead atoms. The molecule has 124 valence electrons. The number of hydrogen-bond acceptors (Lipinski definition) is 6. The van der Waals surface area contributed by atoms with Crippen molar-refractivity contribution in [3.05, 3.63) is 18.5 Å². The molecule has 10 heteroatoms. The molecule has 0 saturated carbocycles. The molecule has 23 heavy (non-hydrogen) atoms. The van der Waals surface area contributed by atoms with Crippen LogP contribution >= 0.6 is 0 Å². The zero-order valence-electron chi connectivity index (χ0n) is 12.4. The van der Waals surface area contributed by atoms with Crippen molar-refractivity contribution in [2.45, 2.75) is 18.8 Å². The Kier molecular flexibility index (Phi) is 3.84. The van der Waals surface area contributed by atoms with Crippen molar-refractivity contribution in [3.63, 3.8) is 0 Å². The average molecular weight is 327 g/mol. The van der Waals surface area contributed by atoms with Crippen molar-refractivity contribution in [2.24, 2.45) is 0 Å². The lowest BCUT2D eigenvalue weighted by molar-refractivity contribution is -0.142. The molecule has 0 aromatic carbocycles. The van der Waals surface area contributed by atoms with Gasteiger partial charge in [-0.1, -0.05) is 0 Å². The molecule has 3 N–H and O–H groups in total. The van der Waals surface area contributed by atoms with Gasteiger partial charge in [0.15, 0.2) is 0 Å². The van der Waals surface area contributed by atoms with Crippen LogP contribution in [0.15, 0.2) is 18.5 Å². The number of anilines is 2. The summed E-state index contributed by atoms with van der Waals surface area (Å²) in [5.74, 6) is 0.733. The van der Waals surface area contributed by atoms with Gasteiger partial charge in [0, 0.05) is 37.0 Å². The first kappa shape index (κ1) is 15.5. The van der Waals surface area contributed by atoms with Gasteiger partial charge in [0.05, 0.1) is 11.9 Å². The standard InChI is InChI=1S/C13H16F3N7/c1-18-9-5-22(6-9)11-2-10(20-12(17)21-11)8-3-19-23(4-8)7-13(14,15)16/h2-4,9,18H,5-7H2,1H3,(H2,17,20,21). The summed E-state index contributed by atoms with van der Waals surface area (Å²) < 4.78 is 38.0. The predicted octanol–water partition coefficient (Wildman–Crippen LogP) is 0.893. The van der Waals surface area contributed by atoms with E-state index in [1.54, 1.807) is 6.07 Å². The fourth-order valence-corrected chi connectivity index (χ4v) is 2.38. The van der Waals surface area contributed by atoms with E-state index >= 15 is 0 Å². The highest BCUT2D eigenvalue weighted by atomic mass is 19.4. The highest BCUT2D eigenvalue weighted by Gasteiger charge is 2.29. The Hall–Kier alpha value is -2.36. The summed E-state index contributed by atoms with van der Waals surface area (Å²) in [5.41, 5.74) is 6.64. The summed E-state index contributed by atoms with van der Waals surface area (Å²) in [6.07, 6.45) is -1.69. The number of nitrogens with zero attached hydrogens (tertiary/aromatic N) is 5. The number of halogens is 3. The van der Waals surface area contributed by atoms with E-state index in [-0.39, 0.29) is 5.95 Å². The second-order valence-electron chi connectivity index (χ2n) is 5.40. The third-order valence-corrected chi connectivity index (χ3v) is 3.61. The highest BCUT2D eigenvalue weighted by Crippen LogP contribution is 2.26. The minimum atomic E-state index is -4.32. The van der Waals surface area contributed by atoms with E-state index in [0.717, 1.165) is 17.8 Å². The maximum absolute atomic E-state index is 12.4. The Morgan fingerprint density at radius 3 is 2.74 bits per heavy atom. The van der Waals surface area contributed by atoms with Crippen LogP contribution in [-0.2, 0) is 6.54 Å². The number of aromatic nitrogens is 4. The van der Waals surface area contributed by atoms with Crippen LogP contribution in [0.1, 0.15) is 0 Å². The monoisotopic (exact) mass is 327 g/mol. The zero-order valence-corrected chi connectivity index (χ0v) is 12.4. The first-order chi connectivity index (χ1) is 10.8. The summed E-state index contributed by atoms with van der Waals surface area (Å²) >= 11 is 0. The second-order valence-corrected chi connectivity index (χ2v) is 5.40. The summed E-state index contributed by atoms with van der Waals surface area (Å²) in [7, 11) is 1.89. The zero-order chi connectivity index (χ0) is 16.6. The van der Waals surface area contributed by atoms with Crippen LogP contribution in [0, 0.1) is 0 Å². The predicted molar refractivity (Wildman–Crippen MR) is 78.8 cm³/mol. The summed E-state index contributed by atoms with van der Waals surface area (Å²) in [6, 6.07) is 2.10. The Bertz CT molecular complexity index is 691.